The third kappa shape index (κ3) is 1.89. The SMILES string of the molecule is C=C(C)c1cc(CC)ccc1Cl. The number of hydrogen-bond acceptors (Lipinski definition) is 0. The summed E-state index contributed by atoms with van der Waals surface area (Å²) in [5.74, 6) is 0. The summed E-state index contributed by atoms with van der Waals surface area (Å²) in [5.41, 5.74) is 3.39. The van der Waals surface area contributed by atoms with Crippen molar-refractivity contribution in [1.82, 2.24) is 0 Å². The summed E-state index contributed by atoms with van der Waals surface area (Å²) in [6.07, 6.45) is 1.04. The fourth-order valence-corrected chi connectivity index (χ4v) is 1.40. The molecule has 0 N–H and O–H groups in total. The summed E-state index contributed by atoms with van der Waals surface area (Å²) < 4.78 is 0. The van der Waals surface area contributed by atoms with Crippen molar-refractivity contribution < 1.29 is 0 Å². The first-order valence-corrected chi connectivity index (χ1v) is 4.47. The molecule has 0 amide bonds. The normalized spacial score (nSPS) is 9.92. The summed E-state index contributed by atoms with van der Waals surface area (Å²) >= 11 is 5.99. The number of rotatable bonds is 2. The Morgan fingerprint density at radius 3 is 2.67 bits per heavy atom. The van der Waals surface area contributed by atoms with Crippen molar-refractivity contribution >= 4 is 17.2 Å². The molecule has 0 heterocycles. The number of aryl methyl sites for hydroxylation is 1. The van der Waals surface area contributed by atoms with Crippen LogP contribution in [0.5, 0.6) is 0 Å². The lowest BCUT2D eigenvalue weighted by Gasteiger charge is -2.05. The van der Waals surface area contributed by atoms with Crippen molar-refractivity contribution in [2.24, 2.45) is 0 Å². The van der Waals surface area contributed by atoms with Crippen LogP contribution >= 0.6 is 11.6 Å². The Kier molecular flexibility index (Phi) is 2.93. The average molecular weight is 181 g/mol. The molecule has 0 atom stereocenters. The van der Waals surface area contributed by atoms with E-state index < -0.39 is 0 Å². The molecule has 0 aliphatic rings. The molecule has 0 nitrogen and oxygen atoms in total. The quantitative estimate of drug-likeness (QED) is 0.647. The van der Waals surface area contributed by atoms with Crippen molar-refractivity contribution in [3.8, 4) is 0 Å². The lowest BCUT2D eigenvalue weighted by atomic mass is 10.0. The fraction of sp³-hybridized carbons (Fsp3) is 0.273. The van der Waals surface area contributed by atoms with Crippen LogP contribution in [0, 0.1) is 0 Å². The van der Waals surface area contributed by atoms with Gasteiger partial charge in [0, 0.05) is 5.02 Å². The Bertz CT molecular complexity index is 300. The van der Waals surface area contributed by atoms with Crippen LogP contribution in [-0.4, -0.2) is 0 Å². The van der Waals surface area contributed by atoms with Crippen LogP contribution in [0.3, 0.4) is 0 Å². The van der Waals surface area contributed by atoms with E-state index in [4.69, 9.17) is 11.6 Å². The van der Waals surface area contributed by atoms with Gasteiger partial charge in [0.15, 0.2) is 0 Å². The average Bonchev–Trinajstić information content (AvgIpc) is 2.05. The van der Waals surface area contributed by atoms with Crippen LogP contribution in [0.1, 0.15) is 25.0 Å². The number of allylic oxidation sites excluding steroid dienone is 1. The minimum atomic E-state index is 0.791. The number of halogens is 1. The molecule has 0 radical (unpaired) electrons. The first-order valence-electron chi connectivity index (χ1n) is 4.09. The summed E-state index contributed by atoms with van der Waals surface area (Å²) in [4.78, 5) is 0. The van der Waals surface area contributed by atoms with Crippen molar-refractivity contribution in [1.29, 1.82) is 0 Å². The van der Waals surface area contributed by atoms with Crippen molar-refractivity contribution in [3.05, 3.63) is 40.9 Å². The molecule has 1 heteroatoms. The van der Waals surface area contributed by atoms with E-state index >= 15 is 0 Å². The predicted octanol–water partition coefficient (Wildman–Crippen LogP) is 3.94. The molecule has 0 aromatic heterocycles. The first-order chi connectivity index (χ1) is 5.65. The molecule has 1 aromatic rings. The highest BCUT2D eigenvalue weighted by atomic mass is 35.5. The van der Waals surface area contributed by atoms with E-state index in [1.807, 2.05) is 13.0 Å². The molecule has 0 bridgehead atoms. The highest BCUT2D eigenvalue weighted by Gasteiger charge is 2.00. The maximum absolute atomic E-state index is 5.99. The van der Waals surface area contributed by atoms with Gasteiger partial charge in [0.2, 0.25) is 0 Å². The van der Waals surface area contributed by atoms with Gasteiger partial charge in [0.05, 0.1) is 0 Å². The molecule has 64 valence electrons. The lowest BCUT2D eigenvalue weighted by Crippen LogP contribution is -1.85. The van der Waals surface area contributed by atoms with Crippen LogP contribution in [0.4, 0.5) is 0 Å². The third-order valence-corrected chi connectivity index (χ3v) is 2.23. The zero-order chi connectivity index (χ0) is 9.14. The fourth-order valence-electron chi connectivity index (χ4n) is 1.12. The van der Waals surface area contributed by atoms with Gasteiger partial charge in [-0.15, -0.1) is 0 Å². The molecule has 1 rings (SSSR count). The topological polar surface area (TPSA) is 0 Å². The number of benzene rings is 1. The summed E-state index contributed by atoms with van der Waals surface area (Å²) in [6, 6.07) is 6.09. The summed E-state index contributed by atoms with van der Waals surface area (Å²) in [5, 5.41) is 0.791. The molecule has 0 saturated heterocycles. The van der Waals surface area contributed by atoms with Crippen LogP contribution in [0.25, 0.3) is 5.57 Å². The second-order valence-corrected chi connectivity index (χ2v) is 3.36. The molecule has 0 unspecified atom stereocenters. The second-order valence-electron chi connectivity index (χ2n) is 2.95. The highest BCUT2D eigenvalue weighted by molar-refractivity contribution is 6.32. The Morgan fingerprint density at radius 2 is 2.17 bits per heavy atom. The minimum Gasteiger partial charge on any atom is -0.0955 e. The van der Waals surface area contributed by atoms with Crippen molar-refractivity contribution in [2.45, 2.75) is 20.3 Å². The molecular weight excluding hydrogens is 168 g/mol. The molecule has 12 heavy (non-hydrogen) atoms. The van der Waals surface area contributed by atoms with Gasteiger partial charge in [-0.3, -0.25) is 0 Å². The Labute approximate surface area is 78.9 Å². The van der Waals surface area contributed by atoms with E-state index in [9.17, 15) is 0 Å². The first kappa shape index (κ1) is 9.34. The van der Waals surface area contributed by atoms with Gasteiger partial charge >= 0.3 is 0 Å². The van der Waals surface area contributed by atoms with Gasteiger partial charge in [0.25, 0.3) is 0 Å². The predicted molar refractivity (Wildman–Crippen MR) is 55.5 cm³/mol. The van der Waals surface area contributed by atoms with Crippen LogP contribution in [-0.2, 0) is 6.42 Å². The Hall–Kier alpha value is -0.750. The van der Waals surface area contributed by atoms with E-state index in [0.29, 0.717) is 0 Å². The molecule has 0 aliphatic carbocycles. The van der Waals surface area contributed by atoms with Crippen LogP contribution in [0.15, 0.2) is 24.8 Å². The lowest BCUT2D eigenvalue weighted by molar-refractivity contribution is 1.14. The molecule has 0 aliphatic heterocycles. The van der Waals surface area contributed by atoms with Crippen LogP contribution in [0.2, 0.25) is 5.02 Å². The van der Waals surface area contributed by atoms with Gasteiger partial charge in [-0.1, -0.05) is 37.2 Å². The second kappa shape index (κ2) is 3.77. The van der Waals surface area contributed by atoms with E-state index in [1.165, 1.54) is 5.56 Å². The summed E-state index contributed by atoms with van der Waals surface area (Å²) in [6.45, 7) is 7.98. The van der Waals surface area contributed by atoms with E-state index in [1.54, 1.807) is 0 Å². The van der Waals surface area contributed by atoms with Crippen LogP contribution < -0.4 is 0 Å². The number of hydrogen-bond donors (Lipinski definition) is 0. The molecular formula is C11H13Cl. The summed E-state index contributed by atoms with van der Waals surface area (Å²) in [7, 11) is 0. The molecule has 1 aromatic carbocycles. The maximum Gasteiger partial charge on any atom is 0.0481 e. The zero-order valence-corrected chi connectivity index (χ0v) is 8.28. The largest absolute Gasteiger partial charge is 0.0955 e. The van der Waals surface area contributed by atoms with Gasteiger partial charge in [-0.25, -0.2) is 0 Å². The van der Waals surface area contributed by atoms with Gasteiger partial charge < -0.3 is 0 Å². The molecule has 0 fully saturated rings. The van der Waals surface area contributed by atoms with Crippen molar-refractivity contribution in [2.75, 3.05) is 0 Å². The Balaban J connectivity index is 3.17. The van der Waals surface area contributed by atoms with Gasteiger partial charge in [-0.05, 0) is 36.1 Å². The standard InChI is InChI=1S/C11H13Cl/c1-4-9-5-6-11(12)10(7-9)8(2)3/h5-7H,2,4H2,1,3H3. The molecule has 0 saturated carbocycles. The van der Waals surface area contributed by atoms with E-state index in [-0.39, 0.29) is 0 Å². The van der Waals surface area contributed by atoms with E-state index in [0.717, 1.165) is 22.6 Å². The monoisotopic (exact) mass is 180 g/mol. The smallest absolute Gasteiger partial charge is 0.0481 e. The minimum absolute atomic E-state index is 0.791. The highest BCUT2D eigenvalue weighted by Crippen LogP contribution is 2.23. The third-order valence-electron chi connectivity index (χ3n) is 1.90. The van der Waals surface area contributed by atoms with E-state index in [2.05, 4.69) is 25.6 Å². The molecule has 0 spiro atoms. The van der Waals surface area contributed by atoms with Crippen molar-refractivity contribution in [3.63, 3.8) is 0 Å². The maximum atomic E-state index is 5.99. The van der Waals surface area contributed by atoms with Gasteiger partial charge in [0.1, 0.15) is 0 Å². The zero-order valence-electron chi connectivity index (χ0n) is 7.52. The van der Waals surface area contributed by atoms with Gasteiger partial charge in [-0.2, -0.15) is 0 Å². The Morgan fingerprint density at radius 1 is 1.50 bits per heavy atom.